The second-order valence-corrected chi connectivity index (χ2v) is 7.51. The minimum Gasteiger partial charge on any atom is -0.478 e. The lowest BCUT2D eigenvalue weighted by Gasteiger charge is -1.98. The Morgan fingerprint density at radius 2 is 1.70 bits per heavy atom. The number of rotatable bonds is 4. The van der Waals surface area contributed by atoms with Crippen LogP contribution in [0.1, 0.15) is 10.4 Å². The van der Waals surface area contributed by atoms with Crippen molar-refractivity contribution in [3.63, 3.8) is 0 Å². The van der Waals surface area contributed by atoms with Gasteiger partial charge in [-0.05, 0) is 42.0 Å². The molecule has 3 rings (SSSR count). The molecule has 0 fully saturated rings. The van der Waals surface area contributed by atoms with Crippen molar-refractivity contribution in [2.45, 2.75) is 0 Å². The maximum Gasteiger partial charge on any atom is 0.335 e. The molecule has 114 valence electrons. The second-order valence-electron chi connectivity index (χ2n) is 4.60. The first kappa shape index (κ1) is 15.7. The van der Waals surface area contributed by atoms with Gasteiger partial charge in [0.15, 0.2) is 0 Å². The largest absolute Gasteiger partial charge is 0.478 e. The number of azo groups is 1. The molecule has 0 bridgehead atoms. The van der Waals surface area contributed by atoms with Crippen LogP contribution in [0, 0.1) is 3.82 Å². The van der Waals surface area contributed by atoms with Crippen molar-refractivity contribution in [1.29, 1.82) is 0 Å². The standard InChI is InChI=1S/C16H10N2O2S3/c19-16(20)11-2-1-3-13(8-11)18-17-12-6-4-10(5-7-12)14-9-15(21)23-22-14/h1-9H,(H,19,20)/b18-17+. The van der Waals surface area contributed by atoms with Gasteiger partial charge >= 0.3 is 5.97 Å². The van der Waals surface area contributed by atoms with Crippen LogP contribution in [-0.2, 0) is 0 Å². The second kappa shape index (κ2) is 6.91. The summed E-state index contributed by atoms with van der Waals surface area (Å²) in [6, 6.07) is 16.0. The molecule has 1 aromatic heterocycles. The highest BCUT2D eigenvalue weighted by Gasteiger charge is 2.03. The molecular formula is C16H10N2O2S3. The van der Waals surface area contributed by atoms with E-state index in [0.29, 0.717) is 11.4 Å². The molecule has 23 heavy (non-hydrogen) atoms. The number of hydrogen-bond donors (Lipinski definition) is 1. The van der Waals surface area contributed by atoms with Gasteiger partial charge in [0.1, 0.15) is 3.82 Å². The highest BCUT2D eigenvalue weighted by Crippen LogP contribution is 2.30. The van der Waals surface area contributed by atoms with Gasteiger partial charge in [0.05, 0.1) is 16.9 Å². The average molecular weight is 358 g/mol. The molecule has 0 atom stereocenters. The highest BCUT2D eigenvalue weighted by atomic mass is 32.9. The van der Waals surface area contributed by atoms with Gasteiger partial charge in [0.25, 0.3) is 0 Å². The van der Waals surface area contributed by atoms with E-state index in [4.69, 9.17) is 17.3 Å². The molecule has 0 unspecified atom stereocenters. The van der Waals surface area contributed by atoms with Gasteiger partial charge in [-0.15, -0.1) is 0 Å². The van der Waals surface area contributed by atoms with E-state index in [9.17, 15) is 4.79 Å². The third-order valence-electron chi connectivity index (χ3n) is 2.99. The van der Waals surface area contributed by atoms with Crippen LogP contribution in [0.3, 0.4) is 0 Å². The van der Waals surface area contributed by atoms with Gasteiger partial charge in [-0.25, -0.2) is 4.79 Å². The van der Waals surface area contributed by atoms with Gasteiger partial charge < -0.3 is 5.11 Å². The van der Waals surface area contributed by atoms with Crippen LogP contribution in [0.5, 0.6) is 0 Å². The van der Waals surface area contributed by atoms with E-state index in [0.717, 1.165) is 14.3 Å². The van der Waals surface area contributed by atoms with Crippen molar-refractivity contribution in [3.8, 4) is 10.4 Å². The van der Waals surface area contributed by atoms with E-state index < -0.39 is 5.97 Å². The van der Waals surface area contributed by atoms with Crippen LogP contribution >= 0.6 is 32.9 Å². The zero-order chi connectivity index (χ0) is 16.2. The normalized spacial score (nSPS) is 11.0. The average Bonchev–Trinajstić information content (AvgIpc) is 3.00. The molecule has 0 saturated carbocycles. The summed E-state index contributed by atoms with van der Waals surface area (Å²) in [6.07, 6.45) is 0. The monoisotopic (exact) mass is 358 g/mol. The Kier molecular flexibility index (Phi) is 4.71. The minimum absolute atomic E-state index is 0.190. The van der Waals surface area contributed by atoms with E-state index >= 15 is 0 Å². The first-order chi connectivity index (χ1) is 11.1. The van der Waals surface area contributed by atoms with Crippen molar-refractivity contribution in [1.82, 2.24) is 0 Å². The Labute approximate surface area is 144 Å². The van der Waals surface area contributed by atoms with Gasteiger partial charge in [-0.2, -0.15) is 10.2 Å². The molecular weight excluding hydrogens is 348 g/mol. The number of hydrogen-bond acceptors (Lipinski definition) is 6. The summed E-state index contributed by atoms with van der Waals surface area (Å²) in [5.74, 6) is -0.982. The Balaban J connectivity index is 1.79. The molecule has 1 N–H and O–H groups in total. The molecule has 0 aliphatic rings. The molecule has 3 aromatic rings. The summed E-state index contributed by atoms with van der Waals surface area (Å²) in [6.45, 7) is 0. The fourth-order valence-corrected chi connectivity index (χ4v) is 4.28. The highest BCUT2D eigenvalue weighted by molar-refractivity contribution is 7.80. The zero-order valence-corrected chi connectivity index (χ0v) is 14.1. The number of carboxylic acids is 1. The SMILES string of the molecule is O=C(O)c1cccc(/N=N/c2ccc(-c3cc(=S)ss3)cc2)c1. The molecule has 4 nitrogen and oxygen atoms in total. The van der Waals surface area contributed by atoms with Crippen molar-refractivity contribution < 1.29 is 9.90 Å². The first-order valence-electron chi connectivity index (χ1n) is 6.57. The Bertz CT molecular complexity index is 927. The van der Waals surface area contributed by atoms with Crippen molar-refractivity contribution in [2.75, 3.05) is 0 Å². The van der Waals surface area contributed by atoms with E-state index in [1.165, 1.54) is 12.1 Å². The van der Waals surface area contributed by atoms with Crippen LogP contribution in [0.25, 0.3) is 10.4 Å². The van der Waals surface area contributed by atoms with E-state index in [2.05, 4.69) is 10.2 Å². The summed E-state index contributed by atoms with van der Waals surface area (Å²) in [5.41, 5.74) is 2.49. The predicted octanol–water partition coefficient (Wildman–Crippen LogP) is 6.32. The molecule has 1 heterocycles. The van der Waals surface area contributed by atoms with Gasteiger partial charge in [0.2, 0.25) is 0 Å². The van der Waals surface area contributed by atoms with Crippen LogP contribution in [0.2, 0.25) is 0 Å². The summed E-state index contributed by atoms with van der Waals surface area (Å²) in [5, 5.41) is 17.2. The Morgan fingerprint density at radius 3 is 2.35 bits per heavy atom. The number of aromatic carboxylic acids is 1. The Hall–Kier alpha value is -2.22. The summed E-state index contributed by atoms with van der Waals surface area (Å²) in [7, 11) is 3.23. The fraction of sp³-hybridized carbons (Fsp3) is 0. The lowest BCUT2D eigenvalue weighted by Crippen LogP contribution is -1.94. The van der Waals surface area contributed by atoms with Crippen molar-refractivity contribution in [2.24, 2.45) is 10.2 Å². The van der Waals surface area contributed by atoms with E-state index in [-0.39, 0.29) is 5.56 Å². The van der Waals surface area contributed by atoms with Crippen LogP contribution in [-0.4, -0.2) is 11.1 Å². The topological polar surface area (TPSA) is 62.0 Å². The number of carboxylic acid groups (broad SMARTS) is 1. The lowest BCUT2D eigenvalue weighted by atomic mass is 10.2. The molecule has 0 amide bonds. The van der Waals surface area contributed by atoms with Crippen LogP contribution < -0.4 is 0 Å². The smallest absolute Gasteiger partial charge is 0.335 e. The number of carbonyl (C=O) groups is 1. The number of nitrogens with zero attached hydrogens (tertiary/aromatic N) is 2. The molecule has 2 aromatic carbocycles. The molecule has 0 saturated heterocycles. The maximum atomic E-state index is 10.9. The van der Waals surface area contributed by atoms with Crippen molar-refractivity contribution >= 4 is 50.2 Å². The molecule has 0 radical (unpaired) electrons. The quantitative estimate of drug-likeness (QED) is 0.337. The predicted molar refractivity (Wildman–Crippen MR) is 96.0 cm³/mol. The minimum atomic E-state index is -0.982. The molecule has 0 aliphatic heterocycles. The summed E-state index contributed by atoms with van der Waals surface area (Å²) < 4.78 is 0.882. The van der Waals surface area contributed by atoms with Gasteiger partial charge in [-0.1, -0.05) is 51.1 Å². The summed E-state index contributed by atoms with van der Waals surface area (Å²) in [4.78, 5) is 12.1. The van der Waals surface area contributed by atoms with E-state index in [1.54, 1.807) is 32.8 Å². The molecule has 0 spiro atoms. The Morgan fingerprint density at radius 1 is 0.957 bits per heavy atom. The number of benzene rings is 2. The zero-order valence-electron chi connectivity index (χ0n) is 11.7. The first-order valence-corrected chi connectivity index (χ1v) is 9.13. The fourth-order valence-electron chi connectivity index (χ4n) is 1.88. The third-order valence-corrected chi connectivity index (χ3v) is 5.90. The van der Waals surface area contributed by atoms with Gasteiger partial charge in [-0.3, -0.25) is 0 Å². The van der Waals surface area contributed by atoms with Gasteiger partial charge in [0, 0.05) is 4.88 Å². The maximum absolute atomic E-state index is 10.9. The lowest BCUT2D eigenvalue weighted by molar-refractivity contribution is 0.0697. The molecule has 7 heteroatoms. The van der Waals surface area contributed by atoms with Crippen LogP contribution in [0.15, 0.2) is 64.8 Å². The summed E-state index contributed by atoms with van der Waals surface area (Å²) >= 11 is 5.14. The van der Waals surface area contributed by atoms with Crippen LogP contribution in [0.4, 0.5) is 11.4 Å². The molecule has 0 aliphatic carbocycles. The van der Waals surface area contributed by atoms with Crippen molar-refractivity contribution in [3.05, 3.63) is 64.0 Å². The van der Waals surface area contributed by atoms with E-state index in [1.807, 2.05) is 30.3 Å². The third kappa shape index (κ3) is 3.95.